The Hall–Kier alpha value is -2.76. The lowest BCUT2D eigenvalue weighted by Gasteiger charge is -2.23. The average molecular weight is 355 g/mol. The van der Waals surface area contributed by atoms with Gasteiger partial charge in [-0.15, -0.1) is 0 Å². The van der Waals surface area contributed by atoms with Gasteiger partial charge in [-0.2, -0.15) is 0 Å². The van der Waals surface area contributed by atoms with Crippen LogP contribution in [0.3, 0.4) is 0 Å². The molecular weight excluding hydrogens is 330 g/mol. The summed E-state index contributed by atoms with van der Waals surface area (Å²) >= 11 is 0. The SMILES string of the molecule is COc1ccc(C(=O)Nc2ccc(NC3CCCCC3)nc2)cc1OC. The Bertz CT molecular complexity index is 740. The Labute approximate surface area is 153 Å². The number of nitrogens with zero attached hydrogens (tertiary/aromatic N) is 1. The summed E-state index contributed by atoms with van der Waals surface area (Å²) in [4.78, 5) is 16.8. The van der Waals surface area contributed by atoms with Crippen molar-refractivity contribution in [1.82, 2.24) is 4.98 Å². The Morgan fingerprint density at radius 2 is 1.81 bits per heavy atom. The number of benzene rings is 1. The fraction of sp³-hybridized carbons (Fsp3) is 0.400. The number of carbonyl (C=O) groups excluding carboxylic acids is 1. The molecule has 1 aliphatic carbocycles. The number of ether oxygens (including phenoxy) is 2. The van der Waals surface area contributed by atoms with Crippen LogP contribution < -0.4 is 20.1 Å². The number of hydrogen-bond acceptors (Lipinski definition) is 5. The first-order valence-corrected chi connectivity index (χ1v) is 8.95. The first-order valence-electron chi connectivity index (χ1n) is 8.95. The molecule has 6 heteroatoms. The summed E-state index contributed by atoms with van der Waals surface area (Å²) in [5.41, 5.74) is 1.14. The zero-order valence-electron chi connectivity index (χ0n) is 15.2. The molecule has 2 N–H and O–H groups in total. The maximum Gasteiger partial charge on any atom is 0.255 e. The van der Waals surface area contributed by atoms with E-state index in [2.05, 4.69) is 15.6 Å². The van der Waals surface area contributed by atoms with Crippen molar-refractivity contribution in [2.45, 2.75) is 38.1 Å². The van der Waals surface area contributed by atoms with Crippen molar-refractivity contribution in [2.75, 3.05) is 24.9 Å². The van der Waals surface area contributed by atoms with Crippen LogP contribution >= 0.6 is 0 Å². The van der Waals surface area contributed by atoms with Crippen LogP contribution in [0.4, 0.5) is 11.5 Å². The summed E-state index contributed by atoms with van der Waals surface area (Å²) in [6.07, 6.45) is 7.93. The number of anilines is 2. The molecule has 6 nitrogen and oxygen atoms in total. The second-order valence-electron chi connectivity index (χ2n) is 6.44. The maximum atomic E-state index is 12.4. The minimum Gasteiger partial charge on any atom is -0.493 e. The molecule has 1 aromatic heterocycles. The molecule has 0 atom stereocenters. The smallest absolute Gasteiger partial charge is 0.255 e. The van der Waals surface area contributed by atoms with Gasteiger partial charge in [0, 0.05) is 11.6 Å². The molecule has 1 fully saturated rings. The molecule has 0 bridgehead atoms. The van der Waals surface area contributed by atoms with E-state index in [0.29, 0.717) is 28.8 Å². The van der Waals surface area contributed by atoms with Crippen LogP contribution in [0.15, 0.2) is 36.5 Å². The van der Waals surface area contributed by atoms with E-state index in [0.717, 1.165) is 5.82 Å². The Morgan fingerprint density at radius 3 is 2.46 bits per heavy atom. The summed E-state index contributed by atoms with van der Waals surface area (Å²) in [6, 6.07) is 9.33. The largest absolute Gasteiger partial charge is 0.493 e. The molecule has 2 aromatic rings. The first kappa shape index (κ1) is 18.0. The standard InChI is InChI=1S/C20H25N3O3/c1-25-17-10-8-14(12-18(17)26-2)20(24)23-16-9-11-19(21-13-16)22-15-6-4-3-5-7-15/h8-13,15H,3-7H2,1-2H3,(H,21,22)(H,23,24). The van der Waals surface area contributed by atoms with Gasteiger partial charge in [0.05, 0.1) is 26.1 Å². The van der Waals surface area contributed by atoms with E-state index in [-0.39, 0.29) is 5.91 Å². The number of aromatic nitrogens is 1. The summed E-state index contributed by atoms with van der Waals surface area (Å²) in [5.74, 6) is 1.73. The van der Waals surface area contributed by atoms with Crippen LogP contribution in [0.1, 0.15) is 42.5 Å². The number of methoxy groups -OCH3 is 2. The maximum absolute atomic E-state index is 12.4. The highest BCUT2D eigenvalue weighted by Gasteiger charge is 2.14. The summed E-state index contributed by atoms with van der Waals surface area (Å²) in [6.45, 7) is 0. The predicted octanol–water partition coefficient (Wildman–Crippen LogP) is 4.10. The van der Waals surface area contributed by atoms with Gasteiger partial charge in [-0.3, -0.25) is 4.79 Å². The molecule has 0 radical (unpaired) electrons. The van der Waals surface area contributed by atoms with E-state index in [9.17, 15) is 4.79 Å². The summed E-state index contributed by atoms with van der Waals surface area (Å²) in [7, 11) is 3.10. The third-order valence-corrected chi connectivity index (χ3v) is 4.62. The normalized spacial score (nSPS) is 14.5. The van der Waals surface area contributed by atoms with Gasteiger partial charge in [-0.25, -0.2) is 4.98 Å². The minimum absolute atomic E-state index is 0.222. The highest BCUT2D eigenvalue weighted by molar-refractivity contribution is 6.04. The molecule has 1 saturated carbocycles. The highest BCUT2D eigenvalue weighted by Crippen LogP contribution is 2.28. The van der Waals surface area contributed by atoms with Crippen molar-refractivity contribution in [3.63, 3.8) is 0 Å². The van der Waals surface area contributed by atoms with Gasteiger partial charge in [0.25, 0.3) is 5.91 Å². The molecule has 1 aliphatic rings. The lowest BCUT2D eigenvalue weighted by molar-refractivity contribution is 0.102. The zero-order valence-corrected chi connectivity index (χ0v) is 15.2. The van der Waals surface area contributed by atoms with Crippen LogP contribution in [0.25, 0.3) is 0 Å². The number of nitrogens with one attached hydrogen (secondary N) is 2. The third kappa shape index (κ3) is 4.45. The van der Waals surface area contributed by atoms with Gasteiger partial charge in [-0.05, 0) is 43.2 Å². The summed E-state index contributed by atoms with van der Waals surface area (Å²) in [5, 5.41) is 6.32. The van der Waals surface area contributed by atoms with E-state index in [1.54, 1.807) is 38.6 Å². The molecule has 138 valence electrons. The molecule has 1 aromatic carbocycles. The van der Waals surface area contributed by atoms with E-state index in [1.165, 1.54) is 32.1 Å². The Balaban J connectivity index is 1.62. The molecule has 26 heavy (non-hydrogen) atoms. The van der Waals surface area contributed by atoms with E-state index >= 15 is 0 Å². The molecule has 0 aliphatic heterocycles. The lowest BCUT2D eigenvalue weighted by atomic mass is 9.95. The van der Waals surface area contributed by atoms with Crippen molar-refractivity contribution in [3.8, 4) is 11.5 Å². The average Bonchev–Trinajstić information content (AvgIpc) is 2.69. The lowest BCUT2D eigenvalue weighted by Crippen LogP contribution is -2.22. The number of rotatable bonds is 6. The van der Waals surface area contributed by atoms with Crippen LogP contribution in [-0.4, -0.2) is 31.2 Å². The van der Waals surface area contributed by atoms with Gasteiger partial charge >= 0.3 is 0 Å². The van der Waals surface area contributed by atoms with Crippen LogP contribution in [-0.2, 0) is 0 Å². The number of pyridine rings is 1. The highest BCUT2D eigenvalue weighted by atomic mass is 16.5. The third-order valence-electron chi connectivity index (χ3n) is 4.62. The molecule has 0 spiro atoms. The predicted molar refractivity (Wildman–Crippen MR) is 102 cm³/mol. The number of hydrogen-bond donors (Lipinski definition) is 2. The van der Waals surface area contributed by atoms with E-state index in [4.69, 9.17) is 9.47 Å². The van der Waals surface area contributed by atoms with Crippen molar-refractivity contribution < 1.29 is 14.3 Å². The summed E-state index contributed by atoms with van der Waals surface area (Å²) < 4.78 is 10.4. The van der Waals surface area contributed by atoms with E-state index in [1.807, 2.05) is 12.1 Å². The van der Waals surface area contributed by atoms with Crippen molar-refractivity contribution >= 4 is 17.4 Å². The van der Waals surface area contributed by atoms with Crippen LogP contribution in [0.2, 0.25) is 0 Å². The van der Waals surface area contributed by atoms with Gasteiger partial charge in [-0.1, -0.05) is 19.3 Å². The van der Waals surface area contributed by atoms with E-state index < -0.39 is 0 Å². The molecular formula is C20H25N3O3. The molecule has 1 amide bonds. The second kappa shape index (κ2) is 8.56. The molecule has 0 saturated heterocycles. The number of amides is 1. The Kier molecular flexibility index (Phi) is 5.94. The van der Waals surface area contributed by atoms with Crippen molar-refractivity contribution in [1.29, 1.82) is 0 Å². The van der Waals surface area contributed by atoms with Gasteiger partial charge < -0.3 is 20.1 Å². The quantitative estimate of drug-likeness (QED) is 0.816. The zero-order chi connectivity index (χ0) is 18.4. The topological polar surface area (TPSA) is 72.5 Å². The fourth-order valence-electron chi connectivity index (χ4n) is 3.19. The monoisotopic (exact) mass is 355 g/mol. The first-order chi connectivity index (χ1) is 12.7. The van der Waals surface area contributed by atoms with Crippen LogP contribution in [0.5, 0.6) is 11.5 Å². The van der Waals surface area contributed by atoms with Crippen LogP contribution in [0, 0.1) is 0 Å². The second-order valence-corrected chi connectivity index (χ2v) is 6.44. The van der Waals surface area contributed by atoms with Crippen molar-refractivity contribution in [2.24, 2.45) is 0 Å². The molecule has 0 unspecified atom stereocenters. The van der Waals surface area contributed by atoms with Gasteiger partial charge in [0.2, 0.25) is 0 Å². The molecule has 3 rings (SSSR count). The Morgan fingerprint density at radius 1 is 1.04 bits per heavy atom. The van der Waals surface area contributed by atoms with Gasteiger partial charge in [0.1, 0.15) is 5.82 Å². The van der Waals surface area contributed by atoms with Gasteiger partial charge in [0.15, 0.2) is 11.5 Å². The molecule has 1 heterocycles. The van der Waals surface area contributed by atoms with Crippen molar-refractivity contribution in [3.05, 3.63) is 42.1 Å². The fourth-order valence-corrected chi connectivity index (χ4v) is 3.19. The minimum atomic E-state index is -0.222. The number of carbonyl (C=O) groups is 1.